The Morgan fingerprint density at radius 3 is 2.92 bits per heavy atom. The van der Waals surface area contributed by atoms with Gasteiger partial charge < -0.3 is 14.6 Å². The molecule has 1 aliphatic rings. The summed E-state index contributed by atoms with van der Waals surface area (Å²) in [5.74, 6) is 0.657. The molecule has 7 nitrogen and oxygen atoms in total. The van der Waals surface area contributed by atoms with Crippen molar-refractivity contribution >= 4 is 5.91 Å². The fraction of sp³-hybridized carbons (Fsp3) is 0.588. The lowest BCUT2D eigenvalue weighted by Gasteiger charge is -2.18. The van der Waals surface area contributed by atoms with E-state index in [4.69, 9.17) is 4.74 Å². The molecule has 3 rings (SSSR count). The lowest BCUT2D eigenvalue weighted by Crippen LogP contribution is -2.33. The SMILES string of the molecule is CCn1ccnc1[C@@H]1OCC[C@H]1C(=O)NCc1c(C)nn(C)c1C. The Balaban J connectivity index is 1.70. The maximum atomic E-state index is 12.7. The largest absolute Gasteiger partial charge is 0.369 e. The van der Waals surface area contributed by atoms with Gasteiger partial charge in [-0.15, -0.1) is 0 Å². The lowest BCUT2D eigenvalue weighted by molar-refractivity contribution is -0.127. The predicted octanol–water partition coefficient (Wildman–Crippen LogP) is 1.65. The minimum atomic E-state index is -0.268. The number of carbonyl (C=O) groups is 1. The summed E-state index contributed by atoms with van der Waals surface area (Å²) in [4.78, 5) is 17.1. The van der Waals surface area contributed by atoms with Gasteiger partial charge in [0, 0.05) is 50.4 Å². The van der Waals surface area contributed by atoms with Gasteiger partial charge in [0.25, 0.3) is 0 Å². The van der Waals surface area contributed by atoms with Crippen LogP contribution >= 0.6 is 0 Å². The summed E-state index contributed by atoms with van der Waals surface area (Å²) in [5.41, 5.74) is 3.11. The minimum Gasteiger partial charge on any atom is -0.369 e. The second-order valence-corrected chi connectivity index (χ2v) is 6.25. The normalized spacial score (nSPS) is 20.5. The van der Waals surface area contributed by atoms with Gasteiger partial charge in [0.2, 0.25) is 5.91 Å². The highest BCUT2D eigenvalue weighted by Gasteiger charge is 2.37. The molecule has 130 valence electrons. The van der Waals surface area contributed by atoms with Crippen LogP contribution in [-0.2, 0) is 29.7 Å². The summed E-state index contributed by atoms with van der Waals surface area (Å²) >= 11 is 0. The van der Waals surface area contributed by atoms with Crippen molar-refractivity contribution in [3.63, 3.8) is 0 Å². The molecule has 0 saturated carbocycles. The Kier molecular flexibility index (Phi) is 4.71. The molecule has 2 atom stereocenters. The third-order valence-electron chi connectivity index (χ3n) is 4.87. The van der Waals surface area contributed by atoms with Crippen LogP contribution in [-0.4, -0.2) is 31.8 Å². The quantitative estimate of drug-likeness (QED) is 0.904. The molecule has 7 heteroatoms. The van der Waals surface area contributed by atoms with E-state index in [0.717, 1.165) is 35.7 Å². The van der Waals surface area contributed by atoms with E-state index >= 15 is 0 Å². The van der Waals surface area contributed by atoms with E-state index in [1.165, 1.54) is 0 Å². The first-order valence-electron chi connectivity index (χ1n) is 8.42. The van der Waals surface area contributed by atoms with Crippen molar-refractivity contribution in [1.82, 2.24) is 24.6 Å². The molecule has 3 heterocycles. The number of ether oxygens (including phenoxy) is 1. The minimum absolute atomic E-state index is 0.0193. The number of amides is 1. The topological polar surface area (TPSA) is 74.0 Å². The van der Waals surface area contributed by atoms with Crippen molar-refractivity contribution in [3.8, 4) is 0 Å². The molecule has 1 N–H and O–H groups in total. The average molecular weight is 331 g/mol. The van der Waals surface area contributed by atoms with E-state index in [2.05, 4.69) is 22.3 Å². The molecule has 0 unspecified atom stereocenters. The Labute approximate surface area is 142 Å². The summed E-state index contributed by atoms with van der Waals surface area (Å²) in [6.45, 7) is 7.94. The summed E-state index contributed by atoms with van der Waals surface area (Å²) in [7, 11) is 1.92. The maximum absolute atomic E-state index is 12.7. The smallest absolute Gasteiger partial charge is 0.226 e. The van der Waals surface area contributed by atoms with Gasteiger partial charge in [0.05, 0.1) is 11.6 Å². The lowest BCUT2D eigenvalue weighted by atomic mass is 9.99. The van der Waals surface area contributed by atoms with Gasteiger partial charge in [-0.3, -0.25) is 9.48 Å². The van der Waals surface area contributed by atoms with Crippen LogP contribution in [0.25, 0.3) is 0 Å². The molecule has 2 aromatic heterocycles. The number of nitrogens with zero attached hydrogens (tertiary/aromatic N) is 4. The molecule has 0 bridgehead atoms. The van der Waals surface area contributed by atoms with Crippen LogP contribution < -0.4 is 5.32 Å². The Morgan fingerprint density at radius 1 is 1.46 bits per heavy atom. The van der Waals surface area contributed by atoms with Crippen LogP contribution in [0.1, 0.15) is 42.2 Å². The number of hydrogen-bond donors (Lipinski definition) is 1. The van der Waals surface area contributed by atoms with Gasteiger partial charge in [0.1, 0.15) is 11.9 Å². The second kappa shape index (κ2) is 6.76. The average Bonchev–Trinajstić information content (AvgIpc) is 3.26. The molecule has 1 aliphatic heterocycles. The summed E-state index contributed by atoms with van der Waals surface area (Å²) in [6, 6.07) is 0. The van der Waals surface area contributed by atoms with Crippen molar-refractivity contribution in [2.75, 3.05) is 6.61 Å². The zero-order valence-electron chi connectivity index (χ0n) is 14.7. The van der Waals surface area contributed by atoms with Gasteiger partial charge in [-0.1, -0.05) is 0 Å². The number of aromatic nitrogens is 4. The number of nitrogens with one attached hydrogen (secondary N) is 1. The van der Waals surface area contributed by atoms with Gasteiger partial charge in [-0.05, 0) is 27.2 Å². The zero-order chi connectivity index (χ0) is 17.3. The van der Waals surface area contributed by atoms with Crippen LogP contribution in [0, 0.1) is 19.8 Å². The van der Waals surface area contributed by atoms with Crippen molar-refractivity contribution < 1.29 is 9.53 Å². The third kappa shape index (κ3) is 2.96. The Morgan fingerprint density at radius 2 is 2.25 bits per heavy atom. The molecule has 0 spiro atoms. The molecule has 1 amide bonds. The Hall–Kier alpha value is -2.15. The second-order valence-electron chi connectivity index (χ2n) is 6.25. The van der Waals surface area contributed by atoms with Crippen molar-refractivity contribution in [1.29, 1.82) is 0 Å². The standard InChI is InChI=1S/C17H25N5O2/c1-5-22-8-7-18-16(22)15-13(6-9-24-15)17(23)19-10-14-11(2)20-21(4)12(14)3/h7-8,13,15H,5-6,9-10H2,1-4H3,(H,19,23)/t13-,15-/m1/s1. The van der Waals surface area contributed by atoms with Crippen LogP contribution in [0.5, 0.6) is 0 Å². The van der Waals surface area contributed by atoms with E-state index < -0.39 is 0 Å². The van der Waals surface area contributed by atoms with E-state index in [0.29, 0.717) is 13.2 Å². The van der Waals surface area contributed by atoms with E-state index in [1.807, 2.05) is 36.3 Å². The molecular weight excluding hydrogens is 306 g/mol. The number of aryl methyl sites for hydroxylation is 3. The van der Waals surface area contributed by atoms with E-state index in [-0.39, 0.29) is 17.9 Å². The van der Waals surface area contributed by atoms with Crippen LogP contribution in [0.2, 0.25) is 0 Å². The van der Waals surface area contributed by atoms with Crippen molar-refractivity contribution in [2.24, 2.45) is 13.0 Å². The fourth-order valence-electron chi connectivity index (χ4n) is 3.34. The molecule has 0 radical (unpaired) electrons. The first kappa shape index (κ1) is 16.7. The first-order valence-corrected chi connectivity index (χ1v) is 8.42. The summed E-state index contributed by atoms with van der Waals surface area (Å²) in [6.07, 6.45) is 4.14. The van der Waals surface area contributed by atoms with Crippen molar-refractivity contribution in [3.05, 3.63) is 35.2 Å². The number of rotatable bonds is 5. The van der Waals surface area contributed by atoms with Gasteiger partial charge in [-0.2, -0.15) is 5.10 Å². The molecule has 24 heavy (non-hydrogen) atoms. The highest BCUT2D eigenvalue weighted by Crippen LogP contribution is 2.34. The monoisotopic (exact) mass is 331 g/mol. The number of carbonyl (C=O) groups excluding carboxylic acids is 1. The van der Waals surface area contributed by atoms with Gasteiger partial charge in [0.15, 0.2) is 0 Å². The Bertz CT molecular complexity index is 733. The van der Waals surface area contributed by atoms with Crippen LogP contribution in [0.4, 0.5) is 0 Å². The highest BCUT2D eigenvalue weighted by molar-refractivity contribution is 5.79. The van der Waals surface area contributed by atoms with Gasteiger partial charge in [-0.25, -0.2) is 4.98 Å². The first-order chi connectivity index (χ1) is 11.5. The number of hydrogen-bond acceptors (Lipinski definition) is 4. The summed E-state index contributed by atoms with van der Waals surface area (Å²) in [5, 5.41) is 7.45. The molecule has 1 fully saturated rings. The van der Waals surface area contributed by atoms with E-state index in [1.54, 1.807) is 6.20 Å². The molecule has 2 aromatic rings. The molecule has 0 aliphatic carbocycles. The third-order valence-corrected chi connectivity index (χ3v) is 4.87. The highest BCUT2D eigenvalue weighted by atomic mass is 16.5. The predicted molar refractivity (Wildman–Crippen MR) is 89.2 cm³/mol. The maximum Gasteiger partial charge on any atom is 0.226 e. The molecular formula is C17H25N5O2. The summed E-state index contributed by atoms with van der Waals surface area (Å²) < 4.78 is 9.69. The number of imidazole rings is 1. The van der Waals surface area contributed by atoms with E-state index in [9.17, 15) is 4.79 Å². The van der Waals surface area contributed by atoms with Gasteiger partial charge >= 0.3 is 0 Å². The zero-order valence-corrected chi connectivity index (χ0v) is 14.7. The van der Waals surface area contributed by atoms with Crippen LogP contribution in [0.15, 0.2) is 12.4 Å². The van der Waals surface area contributed by atoms with Crippen molar-refractivity contribution in [2.45, 2.75) is 46.4 Å². The van der Waals surface area contributed by atoms with Crippen LogP contribution in [0.3, 0.4) is 0 Å². The molecule has 0 aromatic carbocycles. The molecule has 1 saturated heterocycles. The fourth-order valence-corrected chi connectivity index (χ4v) is 3.34.